The van der Waals surface area contributed by atoms with Crippen LogP contribution < -0.4 is 5.32 Å². The summed E-state index contributed by atoms with van der Waals surface area (Å²) in [6.07, 6.45) is 0.843. The van der Waals surface area contributed by atoms with Crippen molar-refractivity contribution in [1.82, 2.24) is 10.2 Å². The largest absolute Gasteiger partial charge is 0.352 e. The van der Waals surface area contributed by atoms with E-state index in [0.717, 1.165) is 17.7 Å². The van der Waals surface area contributed by atoms with E-state index in [9.17, 15) is 9.59 Å². The zero-order valence-corrected chi connectivity index (χ0v) is 19.7. The van der Waals surface area contributed by atoms with Gasteiger partial charge in [0, 0.05) is 23.4 Å². The summed E-state index contributed by atoms with van der Waals surface area (Å²) < 4.78 is 0. The van der Waals surface area contributed by atoms with Gasteiger partial charge in [-0.1, -0.05) is 54.9 Å². The first kappa shape index (κ1) is 24.3. The molecule has 2 aromatic carbocycles. The second-order valence-corrected chi connectivity index (χ2v) is 8.98. The lowest BCUT2D eigenvalue weighted by Gasteiger charge is -2.29. The van der Waals surface area contributed by atoms with Crippen LogP contribution in [0.3, 0.4) is 0 Å². The predicted octanol–water partition coefficient (Wildman–Crippen LogP) is 5.21. The van der Waals surface area contributed by atoms with Gasteiger partial charge in [-0.2, -0.15) is 0 Å². The van der Waals surface area contributed by atoms with Gasteiger partial charge in [-0.3, -0.25) is 9.59 Å². The van der Waals surface area contributed by atoms with Crippen LogP contribution in [-0.2, 0) is 21.9 Å². The Labute approximate surface area is 189 Å². The van der Waals surface area contributed by atoms with Gasteiger partial charge in [0.1, 0.15) is 6.04 Å². The number of nitrogens with one attached hydrogen (secondary N) is 1. The van der Waals surface area contributed by atoms with Gasteiger partial charge in [-0.05, 0) is 56.0 Å². The van der Waals surface area contributed by atoms with Crippen LogP contribution in [0.4, 0.5) is 0 Å². The summed E-state index contributed by atoms with van der Waals surface area (Å²) in [4.78, 5) is 27.5. The molecule has 2 aromatic rings. The molecule has 1 N–H and O–H groups in total. The van der Waals surface area contributed by atoms with E-state index >= 15 is 0 Å². The van der Waals surface area contributed by atoms with Crippen molar-refractivity contribution in [2.75, 3.05) is 5.75 Å². The SMILES string of the molecule is CC[C@@H](C)NC(=O)[C@@H](C)N(Cc1ccc(Cl)cc1)C(=O)CSCc1ccccc1C. The minimum absolute atomic E-state index is 0.0460. The zero-order chi connectivity index (χ0) is 22.1. The molecule has 162 valence electrons. The third-order valence-corrected chi connectivity index (χ3v) is 6.40. The summed E-state index contributed by atoms with van der Waals surface area (Å²) in [7, 11) is 0. The minimum atomic E-state index is -0.554. The molecule has 4 nitrogen and oxygen atoms in total. The monoisotopic (exact) mass is 446 g/mol. The lowest BCUT2D eigenvalue weighted by molar-refractivity contribution is -0.138. The molecule has 0 spiro atoms. The van der Waals surface area contributed by atoms with Gasteiger partial charge < -0.3 is 10.2 Å². The summed E-state index contributed by atoms with van der Waals surface area (Å²) in [6.45, 7) is 8.22. The number of benzene rings is 2. The molecule has 2 amide bonds. The fourth-order valence-electron chi connectivity index (χ4n) is 2.94. The van der Waals surface area contributed by atoms with Crippen LogP contribution in [0.5, 0.6) is 0 Å². The van der Waals surface area contributed by atoms with Gasteiger partial charge in [0.05, 0.1) is 5.75 Å². The Kier molecular flexibility index (Phi) is 9.73. The van der Waals surface area contributed by atoms with Gasteiger partial charge in [0.2, 0.25) is 11.8 Å². The molecule has 0 saturated heterocycles. The highest BCUT2D eigenvalue weighted by molar-refractivity contribution is 7.99. The van der Waals surface area contributed by atoms with Gasteiger partial charge in [0.25, 0.3) is 0 Å². The Morgan fingerprint density at radius 1 is 1.10 bits per heavy atom. The molecular weight excluding hydrogens is 416 g/mol. The van der Waals surface area contributed by atoms with Crippen LogP contribution in [0.15, 0.2) is 48.5 Å². The number of rotatable bonds is 10. The molecule has 0 radical (unpaired) electrons. The van der Waals surface area contributed by atoms with E-state index in [-0.39, 0.29) is 17.9 Å². The van der Waals surface area contributed by atoms with Crippen molar-refractivity contribution in [3.8, 4) is 0 Å². The summed E-state index contributed by atoms with van der Waals surface area (Å²) in [5.74, 6) is 0.912. The quantitative estimate of drug-likeness (QED) is 0.544. The average molecular weight is 447 g/mol. The number of hydrogen-bond donors (Lipinski definition) is 1. The molecule has 0 fully saturated rings. The maximum atomic E-state index is 13.1. The fraction of sp³-hybridized carbons (Fsp3) is 0.417. The van der Waals surface area contributed by atoms with Gasteiger partial charge in [0.15, 0.2) is 0 Å². The Morgan fingerprint density at radius 2 is 1.77 bits per heavy atom. The Bertz CT molecular complexity index is 841. The van der Waals surface area contributed by atoms with Crippen molar-refractivity contribution in [3.05, 3.63) is 70.2 Å². The lowest BCUT2D eigenvalue weighted by Crippen LogP contribution is -2.50. The Balaban J connectivity index is 2.08. The molecule has 0 aromatic heterocycles. The second kappa shape index (κ2) is 12.0. The van der Waals surface area contributed by atoms with Crippen LogP contribution in [0.2, 0.25) is 5.02 Å². The van der Waals surface area contributed by atoms with E-state index in [2.05, 4.69) is 24.4 Å². The third kappa shape index (κ3) is 7.37. The smallest absolute Gasteiger partial charge is 0.242 e. The summed E-state index contributed by atoms with van der Waals surface area (Å²) in [5, 5.41) is 3.63. The molecule has 30 heavy (non-hydrogen) atoms. The van der Waals surface area contributed by atoms with Crippen LogP contribution in [-0.4, -0.2) is 34.6 Å². The Morgan fingerprint density at radius 3 is 2.40 bits per heavy atom. The number of halogens is 1. The van der Waals surface area contributed by atoms with E-state index in [1.54, 1.807) is 35.7 Å². The standard InChI is InChI=1S/C24H31ClN2O2S/c1-5-18(3)26-24(29)19(4)27(14-20-10-12-22(25)13-11-20)23(28)16-30-15-21-9-7-6-8-17(21)2/h6-13,18-19H,5,14-16H2,1-4H3,(H,26,29)/t18-,19-/m1/s1. The van der Waals surface area contributed by atoms with E-state index in [1.165, 1.54) is 11.1 Å². The van der Waals surface area contributed by atoms with Crippen LogP contribution in [0, 0.1) is 6.92 Å². The number of nitrogens with zero attached hydrogens (tertiary/aromatic N) is 1. The van der Waals surface area contributed by atoms with Crippen molar-refractivity contribution in [2.24, 2.45) is 0 Å². The molecule has 0 unspecified atom stereocenters. The zero-order valence-electron chi connectivity index (χ0n) is 18.2. The van der Waals surface area contributed by atoms with E-state index in [1.807, 2.05) is 38.1 Å². The number of hydrogen-bond acceptors (Lipinski definition) is 3. The molecule has 0 saturated carbocycles. The maximum Gasteiger partial charge on any atom is 0.242 e. The molecule has 0 aliphatic carbocycles. The summed E-state index contributed by atoms with van der Waals surface area (Å²) >= 11 is 7.56. The van der Waals surface area contributed by atoms with Gasteiger partial charge in [-0.15, -0.1) is 11.8 Å². The maximum absolute atomic E-state index is 13.1. The van der Waals surface area contributed by atoms with Crippen molar-refractivity contribution in [2.45, 2.75) is 58.5 Å². The highest BCUT2D eigenvalue weighted by Crippen LogP contribution is 2.19. The molecule has 2 atom stereocenters. The summed E-state index contributed by atoms with van der Waals surface area (Å²) in [5.41, 5.74) is 3.39. The average Bonchev–Trinajstić information content (AvgIpc) is 2.73. The topological polar surface area (TPSA) is 49.4 Å². The van der Waals surface area contributed by atoms with Crippen LogP contribution in [0.25, 0.3) is 0 Å². The molecule has 0 bridgehead atoms. The first-order chi connectivity index (χ1) is 14.3. The number of aryl methyl sites for hydroxylation is 1. The first-order valence-corrected chi connectivity index (χ1v) is 11.8. The van der Waals surface area contributed by atoms with Crippen molar-refractivity contribution in [3.63, 3.8) is 0 Å². The van der Waals surface area contributed by atoms with Crippen molar-refractivity contribution < 1.29 is 9.59 Å². The third-order valence-electron chi connectivity index (χ3n) is 5.18. The normalized spacial score (nSPS) is 12.8. The van der Waals surface area contributed by atoms with E-state index in [0.29, 0.717) is 17.3 Å². The van der Waals surface area contributed by atoms with Gasteiger partial charge >= 0.3 is 0 Å². The van der Waals surface area contributed by atoms with E-state index in [4.69, 9.17) is 11.6 Å². The predicted molar refractivity (Wildman–Crippen MR) is 127 cm³/mol. The molecule has 6 heteroatoms. The molecule has 0 aliphatic heterocycles. The van der Waals surface area contributed by atoms with Crippen LogP contribution >= 0.6 is 23.4 Å². The van der Waals surface area contributed by atoms with Crippen molar-refractivity contribution >= 4 is 35.2 Å². The van der Waals surface area contributed by atoms with Crippen molar-refractivity contribution in [1.29, 1.82) is 0 Å². The fourth-order valence-corrected chi connectivity index (χ4v) is 4.05. The molecule has 0 heterocycles. The summed E-state index contributed by atoms with van der Waals surface area (Å²) in [6, 6.07) is 15.1. The highest BCUT2D eigenvalue weighted by Gasteiger charge is 2.26. The number of carbonyl (C=O) groups excluding carboxylic acids is 2. The van der Waals surface area contributed by atoms with Crippen LogP contribution in [0.1, 0.15) is 43.9 Å². The van der Waals surface area contributed by atoms with E-state index < -0.39 is 6.04 Å². The number of thioether (sulfide) groups is 1. The van der Waals surface area contributed by atoms with Gasteiger partial charge in [-0.25, -0.2) is 0 Å². The molecule has 2 rings (SSSR count). The first-order valence-electron chi connectivity index (χ1n) is 10.3. The minimum Gasteiger partial charge on any atom is -0.352 e. The molecule has 0 aliphatic rings. The lowest BCUT2D eigenvalue weighted by atomic mass is 10.1. The highest BCUT2D eigenvalue weighted by atomic mass is 35.5. The Hall–Kier alpha value is -1.98. The number of amides is 2. The number of carbonyl (C=O) groups is 2. The second-order valence-electron chi connectivity index (χ2n) is 7.56. The molecular formula is C24H31ClN2O2S.